The Hall–Kier alpha value is -2.65. The molecule has 1 saturated heterocycles. The number of benzene rings is 2. The highest BCUT2D eigenvalue weighted by Crippen LogP contribution is 2.30. The van der Waals surface area contributed by atoms with Crippen LogP contribution in [0.3, 0.4) is 0 Å². The number of likely N-dealkylation sites (tertiary alicyclic amines) is 1. The molecule has 2 aromatic carbocycles. The van der Waals surface area contributed by atoms with Gasteiger partial charge in [-0.05, 0) is 80.0 Å². The van der Waals surface area contributed by atoms with E-state index in [9.17, 15) is 18.3 Å². The highest BCUT2D eigenvalue weighted by atomic mass is 35.5. The van der Waals surface area contributed by atoms with Crippen LogP contribution in [0.2, 0.25) is 5.02 Å². The zero-order chi connectivity index (χ0) is 25.5. The molecular weight excluding hydrogens is 491 g/mol. The SMILES string of the molecule is OC(NC(c1ccc(Cl)cc1)c1ccccn1)C1CCN(CCOc2ccc(C(F)(F)F)cc2)CC1. The Labute approximate surface area is 213 Å². The van der Waals surface area contributed by atoms with Crippen molar-refractivity contribution in [1.82, 2.24) is 15.2 Å². The van der Waals surface area contributed by atoms with Crippen molar-refractivity contribution >= 4 is 11.6 Å². The van der Waals surface area contributed by atoms with Crippen LogP contribution in [0.4, 0.5) is 13.2 Å². The number of nitrogens with one attached hydrogen (secondary N) is 1. The van der Waals surface area contributed by atoms with Gasteiger partial charge in [-0.2, -0.15) is 13.2 Å². The van der Waals surface area contributed by atoms with Crippen LogP contribution < -0.4 is 10.1 Å². The lowest BCUT2D eigenvalue weighted by molar-refractivity contribution is -0.137. The van der Waals surface area contributed by atoms with E-state index < -0.39 is 18.0 Å². The van der Waals surface area contributed by atoms with Gasteiger partial charge in [0.1, 0.15) is 18.6 Å². The summed E-state index contributed by atoms with van der Waals surface area (Å²) in [4.78, 5) is 6.72. The van der Waals surface area contributed by atoms with E-state index in [1.165, 1.54) is 12.1 Å². The summed E-state index contributed by atoms with van der Waals surface area (Å²) in [5, 5.41) is 15.0. The van der Waals surface area contributed by atoms with Gasteiger partial charge in [-0.3, -0.25) is 15.2 Å². The predicted molar refractivity (Wildman–Crippen MR) is 133 cm³/mol. The molecule has 2 N–H and O–H groups in total. The summed E-state index contributed by atoms with van der Waals surface area (Å²) in [7, 11) is 0. The molecule has 0 saturated carbocycles. The molecule has 0 amide bonds. The van der Waals surface area contributed by atoms with Gasteiger partial charge < -0.3 is 9.84 Å². The summed E-state index contributed by atoms with van der Waals surface area (Å²) in [5.41, 5.74) is 1.09. The number of hydrogen-bond acceptors (Lipinski definition) is 5. The van der Waals surface area contributed by atoms with Crippen LogP contribution in [0, 0.1) is 5.92 Å². The average molecular weight is 520 g/mol. The first-order valence-electron chi connectivity index (χ1n) is 11.9. The van der Waals surface area contributed by atoms with Crippen molar-refractivity contribution in [1.29, 1.82) is 0 Å². The molecule has 1 aliphatic rings. The molecule has 9 heteroatoms. The first kappa shape index (κ1) is 26.4. The Morgan fingerprint density at radius 1 is 1.03 bits per heavy atom. The second-order valence-electron chi connectivity index (χ2n) is 8.90. The van der Waals surface area contributed by atoms with Gasteiger partial charge >= 0.3 is 6.18 Å². The molecule has 1 aromatic heterocycles. The van der Waals surface area contributed by atoms with Crippen LogP contribution in [0.25, 0.3) is 0 Å². The van der Waals surface area contributed by atoms with Crippen molar-refractivity contribution in [3.63, 3.8) is 0 Å². The lowest BCUT2D eigenvalue weighted by atomic mass is 9.93. The lowest BCUT2D eigenvalue weighted by Gasteiger charge is -2.35. The number of pyridine rings is 1. The van der Waals surface area contributed by atoms with E-state index in [0.29, 0.717) is 23.9 Å². The first-order chi connectivity index (χ1) is 17.3. The summed E-state index contributed by atoms with van der Waals surface area (Å²) in [6.45, 7) is 2.65. The number of alkyl halides is 3. The van der Waals surface area contributed by atoms with E-state index in [4.69, 9.17) is 16.3 Å². The largest absolute Gasteiger partial charge is 0.492 e. The Balaban J connectivity index is 1.26. The molecule has 192 valence electrons. The maximum Gasteiger partial charge on any atom is 0.416 e. The second-order valence-corrected chi connectivity index (χ2v) is 9.34. The van der Waals surface area contributed by atoms with Gasteiger partial charge in [0.25, 0.3) is 0 Å². The molecule has 5 nitrogen and oxygen atoms in total. The minimum absolute atomic E-state index is 0.0793. The normalized spacial score (nSPS) is 17.0. The number of ether oxygens (including phenoxy) is 1. The van der Waals surface area contributed by atoms with Gasteiger partial charge in [-0.25, -0.2) is 0 Å². The number of hydrogen-bond donors (Lipinski definition) is 2. The van der Waals surface area contributed by atoms with Crippen molar-refractivity contribution in [2.24, 2.45) is 5.92 Å². The summed E-state index contributed by atoms with van der Waals surface area (Å²) < 4.78 is 43.7. The molecule has 0 radical (unpaired) electrons. The number of rotatable bonds is 9. The average Bonchev–Trinajstić information content (AvgIpc) is 2.88. The van der Waals surface area contributed by atoms with Crippen LogP contribution in [-0.4, -0.2) is 47.5 Å². The molecule has 3 aromatic rings. The van der Waals surface area contributed by atoms with Gasteiger partial charge in [0.2, 0.25) is 0 Å². The van der Waals surface area contributed by atoms with Crippen LogP contribution in [-0.2, 0) is 6.18 Å². The number of nitrogens with zero attached hydrogens (tertiary/aromatic N) is 2. The molecule has 2 atom stereocenters. The Bertz CT molecular complexity index is 1070. The Kier molecular flexibility index (Phi) is 8.85. The summed E-state index contributed by atoms with van der Waals surface area (Å²) in [6, 6.07) is 17.7. The zero-order valence-corrected chi connectivity index (χ0v) is 20.4. The van der Waals surface area contributed by atoms with Crippen molar-refractivity contribution < 1.29 is 23.0 Å². The Morgan fingerprint density at radius 2 is 1.72 bits per heavy atom. The molecule has 2 heterocycles. The van der Waals surface area contributed by atoms with Gasteiger partial charge in [0.05, 0.1) is 17.3 Å². The number of aromatic nitrogens is 1. The second kappa shape index (κ2) is 12.1. The summed E-state index contributed by atoms with van der Waals surface area (Å²) in [6.07, 6.45) is -1.71. The van der Waals surface area contributed by atoms with Crippen LogP contribution in [0.15, 0.2) is 72.9 Å². The van der Waals surface area contributed by atoms with E-state index in [0.717, 1.165) is 49.3 Å². The predicted octanol–water partition coefficient (Wildman–Crippen LogP) is 5.54. The highest BCUT2D eigenvalue weighted by Gasteiger charge is 2.30. The quantitative estimate of drug-likeness (QED) is 0.363. The third-order valence-electron chi connectivity index (χ3n) is 6.46. The van der Waals surface area contributed by atoms with E-state index in [2.05, 4.69) is 15.2 Å². The van der Waals surface area contributed by atoms with Crippen LogP contribution in [0.5, 0.6) is 5.75 Å². The highest BCUT2D eigenvalue weighted by molar-refractivity contribution is 6.30. The summed E-state index contributed by atoms with van der Waals surface area (Å²) in [5.74, 6) is 0.496. The number of aliphatic hydroxyl groups excluding tert-OH is 1. The molecule has 1 fully saturated rings. The minimum atomic E-state index is -4.35. The molecule has 2 unspecified atom stereocenters. The first-order valence-corrected chi connectivity index (χ1v) is 12.3. The van der Waals surface area contributed by atoms with Gasteiger partial charge in [0.15, 0.2) is 0 Å². The maximum atomic E-state index is 12.7. The topological polar surface area (TPSA) is 57.6 Å². The van der Waals surface area contributed by atoms with Crippen LogP contribution >= 0.6 is 11.6 Å². The van der Waals surface area contributed by atoms with E-state index in [-0.39, 0.29) is 12.0 Å². The van der Waals surface area contributed by atoms with Crippen LogP contribution in [0.1, 0.15) is 35.7 Å². The number of aliphatic hydroxyl groups is 1. The fourth-order valence-corrected chi connectivity index (χ4v) is 4.51. The third kappa shape index (κ3) is 7.20. The molecule has 4 rings (SSSR count). The number of piperidine rings is 1. The summed E-state index contributed by atoms with van der Waals surface area (Å²) >= 11 is 6.06. The van der Waals surface area contributed by atoms with Gasteiger partial charge in [0, 0.05) is 23.7 Å². The molecule has 36 heavy (non-hydrogen) atoms. The van der Waals surface area contributed by atoms with E-state index in [1.54, 1.807) is 6.20 Å². The molecule has 0 bridgehead atoms. The molecule has 1 aliphatic heterocycles. The maximum absolute atomic E-state index is 12.7. The monoisotopic (exact) mass is 519 g/mol. The van der Waals surface area contributed by atoms with Gasteiger partial charge in [-0.15, -0.1) is 0 Å². The standard InChI is InChI=1S/C27H29ClF3N3O2/c28-22-8-4-19(5-9-22)25(24-3-1-2-14-32-24)33-26(35)20-12-15-34(16-13-20)17-18-36-23-10-6-21(7-11-23)27(29,30)31/h1-11,14,20,25-26,33,35H,12-13,15-18H2. The van der Waals surface area contributed by atoms with E-state index >= 15 is 0 Å². The smallest absolute Gasteiger partial charge is 0.416 e. The fourth-order valence-electron chi connectivity index (χ4n) is 4.39. The van der Waals surface area contributed by atoms with Crippen molar-refractivity contribution in [2.75, 3.05) is 26.2 Å². The molecule has 0 spiro atoms. The van der Waals surface area contributed by atoms with Crippen molar-refractivity contribution in [3.05, 3.63) is 94.8 Å². The van der Waals surface area contributed by atoms with E-state index in [1.807, 2.05) is 42.5 Å². The zero-order valence-electron chi connectivity index (χ0n) is 19.7. The molecular formula is C27H29ClF3N3O2. The van der Waals surface area contributed by atoms with Gasteiger partial charge in [-0.1, -0.05) is 29.8 Å². The fraction of sp³-hybridized carbons (Fsp3) is 0.370. The lowest BCUT2D eigenvalue weighted by Crippen LogP contribution is -2.45. The minimum Gasteiger partial charge on any atom is -0.492 e. The molecule has 0 aliphatic carbocycles. The third-order valence-corrected chi connectivity index (χ3v) is 6.71. The van der Waals surface area contributed by atoms with Crippen molar-refractivity contribution in [3.8, 4) is 5.75 Å². The Morgan fingerprint density at radius 3 is 2.33 bits per heavy atom. The number of halogens is 4. The van der Waals surface area contributed by atoms with Crippen molar-refractivity contribution in [2.45, 2.75) is 31.3 Å².